The van der Waals surface area contributed by atoms with E-state index in [-0.39, 0.29) is 5.91 Å². The van der Waals surface area contributed by atoms with Crippen LogP contribution in [-0.2, 0) is 6.42 Å². The number of nitrogens with two attached hydrogens (primary N) is 1. The number of fused-ring (bicyclic) bond motifs is 1. The summed E-state index contributed by atoms with van der Waals surface area (Å²) in [6, 6.07) is 25.5. The van der Waals surface area contributed by atoms with Crippen LogP contribution in [0.3, 0.4) is 0 Å². The number of nitrogens with one attached hydrogen (secondary N) is 1. The van der Waals surface area contributed by atoms with Gasteiger partial charge in [0.1, 0.15) is 15.5 Å². The Kier molecular flexibility index (Phi) is 7.65. The number of ether oxygens (including phenoxy) is 3. The average molecular weight is 540 g/mol. The first-order chi connectivity index (χ1) is 19.0. The summed E-state index contributed by atoms with van der Waals surface area (Å²) in [6.07, 6.45) is 0.629. The van der Waals surface area contributed by atoms with E-state index < -0.39 is 0 Å². The van der Waals surface area contributed by atoms with Gasteiger partial charge < -0.3 is 25.3 Å². The van der Waals surface area contributed by atoms with Crippen LogP contribution in [-0.4, -0.2) is 38.8 Å². The number of benzene rings is 3. The molecule has 3 aromatic carbocycles. The van der Waals surface area contributed by atoms with Gasteiger partial charge in [-0.3, -0.25) is 4.79 Å². The molecule has 0 saturated carbocycles. The zero-order valence-corrected chi connectivity index (χ0v) is 22.8. The van der Waals surface area contributed by atoms with Crippen molar-refractivity contribution in [2.24, 2.45) is 0 Å². The van der Waals surface area contributed by atoms with Gasteiger partial charge in [-0.1, -0.05) is 48.5 Å². The highest BCUT2D eigenvalue weighted by atomic mass is 32.1. The molecule has 1 amide bonds. The third-order valence-corrected chi connectivity index (χ3v) is 7.62. The van der Waals surface area contributed by atoms with Crippen molar-refractivity contribution in [2.75, 3.05) is 33.6 Å². The Hall–Kier alpha value is -4.56. The maximum atomic E-state index is 13.3. The molecule has 5 aromatic rings. The van der Waals surface area contributed by atoms with Crippen molar-refractivity contribution in [3.05, 3.63) is 89.3 Å². The molecular formula is C31H29N3O4S. The summed E-state index contributed by atoms with van der Waals surface area (Å²) in [4.78, 5) is 19.3. The Labute approximate surface area is 231 Å². The number of aromatic nitrogens is 1. The van der Waals surface area contributed by atoms with Gasteiger partial charge in [-0.2, -0.15) is 0 Å². The lowest BCUT2D eigenvalue weighted by Gasteiger charge is -2.10. The van der Waals surface area contributed by atoms with Crippen LogP contribution >= 0.6 is 11.3 Å². The number of nitrogen functional groups attached to an aromatic ring is 1. The van der Waals surface area contributed by atoms with Gasteiger partial charge in [-0.15, -0.1) is 11.3 Å². The van der Waals surface area contributed by atoms with E-state index in [1.165, 1.54) is 11.3 Å². The van der Waals surface area contributed by atoms with Crippen LogP contribution in [0, 0.1) is 0 Å². The number of carbonyl (C=O) groups is 1. The lowest BCUT2D eigenvalue weighted by molar-refractivity contribution is 0.0959. The topological polar surface area (TPSA) is 95.7 Å². The molecule has 0 atom stereocenters. The second-order valence-corrected chi connectivity index (χ2v) is 9.87. The molecular weight excluding hydrogens is 510 g/mol. The molecule has 39 heavy (non-hydrogen) atoms. The minimum absolute atomic E-state index is 0.224. The number of pyridine rings is 1. The van der Waals surface area contributed by atoms with Gasteiger partial charge in [0.2, 0.25) is 0 Å². The molecule has 0 unspecified atom stereocenters. The second-order valence-electron chi connectivity index (χ2n) is 8.87. The highest BCUT2D eigenvalue weighted by Crippen LogP contribution is 2.41. The first-order valence-corrected chi connectivity index (χ1v) is 13.3. The van der Waals surface area contributed by atoms with Gasteiger partial charge in [-0.25, -0.2) is 4.98 Å². The molecule has 0 radical (unpaired) electrons. The number of amides is 1. The van der Waals surface area contributed by atoms with Crippen LogP contribution in [0.1, 0.15) is 15.2 Å². The summed E-state index contributed by atoms with van der Waals surface area (Å²) < 4.78 is 16.0. The maximum absolute atomic E-state index is 13.3. The fourth-order valence-corrected chi connectivity index (χ4v) is 5.52. The summed E-state index contributed by atoms with van der Waals surface area (Å²) in [5, 5.41) is 3.78. The lowest BCUT2D eigenvalue weighted by Crippen LogP contribution is -2.25. The molecule has 2 aromatic heterocycles. The molecule has 0 bridgehead atoms. The van der Waals surface area contributed by atoms with Crippen LogP contribution in [0.25, 0.3) is 32.6 Å². The molecule has 0 aliphatic rings. The Morgan fingerprint density at radius 2 is 1.62 bits per heavy atom. The number of anilines is 1. The summed E-state index contributed by atoms with van der Waals surface area (Å²) in [5.74, 6) is 1.86. The lowest BCUT2D eigenvalue weighted by atomic mass is 9.99. The molecule has 8 heteroatoms. The molecule has 2 heterocycles. The molecule has 0 aliphatic heterocycles. The summed E-state index contributed by atoms with van der Waals surface area (Å²) in [6.45, 7) is 0.441. The number of hydrogen-bond acceptors (Lipinski definition) is 7. The van der Waals surface area contributed by atoms with E-state index in [1.54, 1.807) is 21.3 Å². The highest BCUT2D eigenvalue weighted by Gasteiger charge is 2.21. The van der Waals surface area contributed by atoms with E-state index in [2.05, 4.69) is 5.32 Å². The molecule has 3 N–H and O–H groups in total. The van der Waals surface area contributed by atoms with Crippen LogP contribution in [0.4, 0.5) is 5.69 Å². The number of nitrogens with zero attached hydrogens (tertiary/aromatic N) is 1. The zero-order valence-electron chi connectivity index (χ0n) is 22.0. The monoisotopic (exact) mass is 539 g/mol. The molecule has 5 rings (SSSR count). The summed E-state index contributed by atoms with van der Waals surface area (Å²) >= 11 is 1.31. The Morgan fingerprint density at radius 1 is 0.872 bits per heavy atom. The molecule has 0 saturated heterocycles. The minimum atomic E-state index is -0.224. The van der Waals surface area contributed by atoms with Crippen molar-refractivity contribution in [1.82, 2.24) is 10.3 Å². The molecule has 0 spiro atoms. The number of rotatable bonds is 9. The molecule has 7 nitrogen and oxygen atoms in total. The zero-order chi connectivity index (χ0) is 27.4. The number of carbonyl (C=O) groups excluding carboxylic acids is 1. The molecule has 198 valence electrons. The number of thiophene rings is 1. The third-order valence-electron chi connectivity index (χ3n) is 6.52. The van der Waals surface area contributed by atoms with Gasteiger partial charge in [0.25, 0.3) is 5.91 Å². The summed E-state index contributed by atoms with van der Waals surface area (Å²) in [5.41, 5.74) is 11.8. The molecule has 0 fully saturated rings. The van der Waals surface area contributed by atoms with Gasteiger partial charge in [0, 0.05) is 17.5 Å². The Balaban J connectivity index is 1.46. The van der Waals surface area contributed by atoms with Crippen molar-refractivity contribution in [3.8, 4) is 39.6 Å². The summed E-state index contributed by atoms with van der Waals surface area (Å²) in [7, 11) is 4.84. The van der Waals surface area contributed by atoms with Crippen LogP contribution < -0.4 is 25.3 Å². The molecule has 0 aliphatic carbocycles. The van der Waals surface area contributed by atoms with Crippen molar-refractivity contribution < 1.29 is 19.0 Å². The van der Waals surface area contributed by atoms with Gasteiger partial charge in [0.15, 0.2) is 11.5 Å². The largest absolute Gasteiger partial charge is 0.497 e. The smallest absolute Gasteiger partial charge is 0.263 e. The SMILES string of the molecule is COc1ccc(-c2cc(-c3ccccc3)nc3sc(C(=O)NCCc4ccc(OC)c(OC)c4)c(N)c23)cc1. The first kappa shape index (κ1) is 26.1. The third kappa shape index (κ3) is 5.37. The standard InChI is InChI=1S/C31H29N3O4S/c1-36-22-12-10-20(11-13-22)23-18-24(21-7-5-4-6-8-21)34-31-27(23)28(32)29(39-31)30(35)33-16-15-19-9-14-25(37-2)26(17-19)38-3/h4-14,17-18H,15-16,32H2,1-3H3,(H,33,35). The van der Waals surface area contributed by atoms with E-state index >= 15 is 0 Å². The fourth-order valence-electron chi connectivity index (χ4n) is 4.48. The maximum Gasteiger partial charge on any atom is 0.263 e. The van der Waals surface area contributed by atoms with E-state index in [0.717, 1.165) is 39.1 Å². The van der Waals surface area contributed by atoms with Crippen molar-refractivity contribution in [1.29, 1.82) is 0 Å². The van der Waals surface area contributed by atoms with Gasteiger partial charge in [-0.05, 0) is 53.4 Å². The average Bonchev–Trinajstić information content (AvgIpc) is 3.33. The predicted molar refractivity (Wildman–Crippen MR) is 157 cm³/mol. The fraction of sp³-hybridized carbons (Fsp3) is 0.161. The predicted octanol–water partition coefficient (Wildman–Crippen LogP) is 6.21. The number of methoxy groups -OCH3 is 3. The van der Waals surface area contributed by atoms with E-state index in [1.807, 2.05) is 78.9 Å². The Morgan fingerprint density at radius 3 is 2.31 bits per heavy atom. The van der Waals surface area contributed by atoms with Gasteiger partial charge in [0.05, 0.1) is 32.7 Å². The van der Waals surface area contributed by atoms with E-state index in [4.69, 9.17) is 24.9 Å². The van der Waals surface area contributed by atoms with Crippen LogP contribution in [0.2, 0.25) is 0 Å². The van der Waals surface area contributed by atoms with Gasteiger partial charge >= 0.3 is 0 Å². The van der Waals surface area contributed by atoms with Crippen LogP contribution in [0.5, 0.6) is 17.2 Å². The number of hydrogen-bond donors (Lipinski definition) is 2. The minimum Gasteiger partial charge on any atom is -0.497 e. The highest BCUT2D eigenvalue weighted by molar-refractivity contribution is 7.21. The first-order valence-electron chi connectivity index (χ1n) is 12.4. The van der Waals surface area contributed by atoms with Crippen molar-refractivity contribution in [3.63, 3.8) is 0 Å². The quantitative estimate of drug-likeness (QED) is 0.231. The second kappa shape index (κ2) is 11.4. The van der Waals surface area contributed by atoms with Crippen LogP contribution in [0.15, 0.2) is 78.9 Å². The Bertz CT molecular complexity index is 1620. The van der Waals surface area contributed by atoms with E-state index in [9.17, 15) is 4.79 Å². The normalized spacial score (nSPS) is 10.8. The van der Waals surface area contributed by atoms with Crippen molar-refractivity contribution in [2.45, 2.75) is 6.42 Å². The van der Waals surface area contributed by atoms with E-state index in [0.29, 0.717) is 39.9 Å². The van der Waals surface area contributed by atoms with Crippen molar-refractivity contribution >= 4 is 33.1 Å².